The zero-order valence-corrected chi connectivity index (χ0v) is 14.0. The molecule has 6 nitrogen and oxygen atoms in total. The number of aromatic nitrogens is 4. The Bertz CT molecular complexity index is 860. The van der Waals surface area contributed by atoms with Gasteiger partial charge >= 0.3 is 5.97 Å². The predicted octanol–water partition coefficient (Wildman–Crippen LogP) is 3.01. The summed E-state index contributed by atoms with van der Waals surface area (Å²) in [4.78, 5) is 19.9. The van der Waals surface area contributed by atoms with Gasteiger partial charge < -0.3 is 4.74 Å². The number of hydrogen-bond donors (Lipinski definition) is 0. The number of aryl methyl sites for hydroxylation is 1. The Morgan fingerprint density at radius 3 is 2.50 bits per heavy atom. The quantitative estimate of drug-likeness (QED) is 0.682. The van der Waals surface area contributed by atoms with Crippen LogP contribution in [-0.4, -0.2) is 32.8 Å². The van der Waals surface area contributed by atoms with E-state index in [9.17, 15) is 4.79 Å². The molecule has 0 aliphatic carbocycles. The van der Waals surface area contributed by atoms with Crippen molar-refractivity contribution in [3.8, 4) is 16.9 Å². The third-order valence-electron chi connectivity index (χ3n) is 3.64. The first-order valence-corrected chi connectivity index (χ1v) is 7.64. The van der Waals surface area contributed by atoms with E-state index >= 15 is 0 Å². The monoisotopic (exact) mass is 342 g/mol. The number of esters is 1. The van der Waals surface area contributed by atoms with Gasteiger partial charge in [-0.25, -0.2) is 14.6 Å². The molecule has 0 amide bonds. The van der Waals surface area contributed by atoms with E-state index in [1.807, 2.05) is 19.1 Å². The summed E-state index contributed by atoms with van der Waals surface area (Å²) < 4.78 is 6.55. The van der Waals surface area contributed by atoms with Crippen LogP contribution in [0.25, 0.3) is 16.9 Å². The van der Waals surface area contributed by atoms with Gasteiger partial charge in [0.2, 0.25) is 0 Å². The molecule has 0 bridgehead atoms. The lowest BCUT2D eigenvalue weighted by molar-refractivity contribution is -0.139. The van der Waals surface area contributed by atoms with Crippen molar-refractivity contribution in [2.75, 3.05) is 7.11 Å². The maximum Gasteiger partial charge on any atom is 0.310 e. The SMILES string of the molecule is COC(=O)Cc1c(C)nn(-c2cncnc2)c1-c1ccc(Cl)cc1. The van der Waals surface area contributed by atoms with Crippen LogP contribution < -0.4 is 0 Å². The van der Waals surface area contributed by atoms with E-state index in [-0.39, 0.29) is 12.4 Å². The van der Waals surface area contributed by atoms with Crippen molar-refractivity contribution in [2.24, 2.45) is 0 Å². The van der Waals surface area contributed by atoms with Gasteiger partial charge in [-0.1, -0.05) is 23.7 Å². The van der Waals surface area contributed by atoms with Gasteiger partial charge in [0.15, 0.2) is 0 Å². The lowest BCUT2D eigenvalue weighted by Gasteiger charge is -2.09. The van der Waals surface area contributed by atoms with Crippen molar-refractivity contribution in [3.63, 3.8) is 0 Å². The van der Waals surface area contributed by atoms with Crippen LogP contribution in [0.15, 0.2) is 43.0 Å². The summed E-state index contributed by atoms with van der Waals surface area (Å²) in [6, 6.07) is 7.37. The molecule has 0 aliphatic rings. The Morgan fingerprint density at radius 2 is 1.88 bits per heavy atom. The van der Waals surface area contributed by atoms with Crippen molar-refractivity contribution in [2.45, 2.75) is 13.3 Å². The molecule has 0 aliphatic heterocycles. The van der Waals surface area contributed by atoms with Gasteiger partial charge in [-0.2, -0.15) is 5.10 Å². The normalized spacial score (nSPS) is 10.6. The van der Waals surface area contributed by atoms with Gasteiger partial charge in [0.05, 0.1) is 37.3 Å². The predicted molar refractivity (Wildman–Crippen MR) is 90.1 cm³/mol. The number of halogens is 1. The van der Waals surface area contributed by atoms with Gasteiger partial charge in [-0.05, 0) is 19.1 Å². The molecule has 0 radical (unpaired) electrons. The van der Waals surface area contributed by atoms with Crippen LogP contribution >= 0.6 is 11.6 Å². The number of nitrogens with zero attached hydrogens (tertiary/aromatic N) is 4. The molecule has 0 saturated heterocycles. The summed E-state index contributed by atoms with van der Waals surface area (Å²) in [6.45, 7) is 1.86. The van der Waals surface area contributed by atoms with Gasteiger partial charge in [-0.15, -0.1) is 0 Å². The first-order valence-electron chi connectivity index (χ1n) is 7.26. The fraction of sp³-hybridized carbons (Fsp3) is 0.176. The average Bonchev–Trinajstić information content (AvgIpc) is 2.93. The third-order valence-corrected chi connectivity index (χ3v) is 3.89. The van der Waals surface area contributed by atoms with Crippen LogP contribution in [0.2, 0.25) is 5.02 Å². The summed E-state index contributed by atoms with van der Waals surface area (Å²) >= 11 is 5.99. The fourth-order valence-electron chi connectivity index (χ4n) is 2.48. The largest absolute Gasteiger partial charge is 0.469 e. The molecule has 1 aromatic carbocycles. The molecule has 3 rings (SSSR count). The van der Waals surface area contributed by atoms with Gasteiger partial charge in [0.25, 0.3) is 0 Å². The Hall–Kier alpha value is -2.73. The molecule has 7 heteroatoms. The summed E-state index contributed by atoms with van der Waals surface area (Å²) in [6.07, 6.45) is 4.92. The van der Waals surface area contributed by atoms with Crippen LogP contribution in [0.5, 0.6) is 0 Å². The van der Waals surface area contributed by atoms with E-state index in [0.717, 1.165) is 22.5 Å². The van der Waals surface area contributed by atoms with Crippen LogP contribution in [-0.2, 0) is 16.0 Å². The smallest absolute Gasteiger partial charge is 0.310 e. The molecule has 2 heterocycles. The van der Waals surface area contributed by atoms with E-state index < -0.39 is 0 Å². The van der Waals surface area contributed by atoms with Crippen LogP contribution in [0.4, 0.5) is 0 Å². The number of carbonyl (C=O) groups is 1. The maximum absolute atomic E-state index is 11.8. The Balaban J connectivity index is 2.21. The zero-order chi connectivity index (χ0) is 17.1. The average molecular weight is 343 g/mol. The highest BCUT2D eigenvalue weighted by atomic mass is 35.5. The summed E-state index contributed by atoms with van der Waals surface area (Å²) in [5, 5.41) is 5.20. The fourth-order valence-corrected chi connectivity index (χ4v) is 2.61. The molecule has 24 heavy (non-hydrogen) atoms. The molecular weight excluding hydrogens is 328 g/mol. The lowest BCUT2D eigenvalue weighted by Crippen LogP contribution is -2.07. The highest BCUT2D eigenvalue weighted by molar-refractivity contribution is 6.30. The Morgan fingerprint density at radius 1 is 1.21 bits per heavy atom. The highest BCUT2D eigenvalue weighted by Crippen LogP contribution is 2.30. The maximum atomic E-state index is 11.8. The zero-order valence-electron chi connectivity index (χ0n) is 13.2. The van der Waals surface area contributed by atoms with E-state index in [4.69, 9.17) is 16.3 Å². The molecule has 0 fully saturated rings. The topological polar surface area (TPSA) is 69.9 Å². The van der Waals surface area contributed by atoms with Crippen molar-refractivity contribution in [3.05, 3.63) is 59.3 Å². The molecule has 122 valence electrons. The second kappa shape index (κ2) is 6.80. The molecule has 0 spiro atoms. The molecule has 0 unspecified atom stereocenters. The minimum atomic E-state index is -0.322. The molecule has 0 N–H and O–H groups in total. The van der Waals surface area contributed by atoms with Crippen LogP contribution in [0, 0.1) is 6.92 Å². The summed E-state index contributed by atoms with van der Waals surface area (Å²) in [5.74, 6) is -0.322. The van der Waals surface area contributed by atoms with E-state index in [2.05, 4.69) is 15.1 Å². The Kier molecular flexibility index (Phi) is 4.57. The molecule has 0 atom stereocenters. The van der Waals surface area contributed by atoms with Gasteiger partial charge in [0.1, 0.15) is 12.0 Å². The molecular formula is C17H15ClN4O2. The second-order valence-corrected chi connectivity index (χ2v) is 5.62. The Labute approximate surface area is 144 Å². The van der Waals surface area contributed by atoms with Gasteiger partial charge in [0, 0.05) is 16.1 Å². The summed E-state index contributed by atoms with van der Waals surface area (Å²) in [7, 11) is 1.37. The van der Waals surface area contributed by atoms with E-state index in [0.29, 0.717) is 10.7 Å². The second-order valence-electron chi connectivity index (χ2n) is 5.18. The van der Waals surface area contributed by atoms with E-state index in [1.165, 1.54) is 13.4 Å². The minimum absolute atomic E-state index is 0.133. The third kappa shape index (κ3) is 3.14. The number of carbonyl (C=O) groups excluding carboxylic acids is 1. The van der Waals surface area contributed by atoms with E-state index in [1.54, 1.807) is 29.2 Å². The van der Waals surface area contributed by atoms with Crippen molar-refractivity contribution >= 4 is 17.6 Å². The van der Waals surface area contributed by atoms with Crippen molar-refractivity contribution in [1.82, 2.24) is 19.7 Å². The molecule has 3 aromatic rings. The highest BCUT2D eigenvalue weighted by Gasteiger charge is 2.21. The van der Waals surface area contributed by atoms with Gasteiger partial charge in [-0.3, -0.25) is 4.79 Å². The van der Waals surface area contributed by atoms with Crippen molar-refractivity contribution in [1.29, 1.82) is 0 Å². The number of hydrogen-bond acceptors (Lipinski definition) is 5. The number of methoxy groups -OCH3 is 1. The van der Waals surface area contributed by atoms with Crippen LogP contribution in [0.1, 0.15) is 11.3 Å². The first-order chi connectivity index (χ1) is 11.6. The standard InChI is InChI=1S/C17H15ClN4O2/c1-11-15(7-16(23)24-2)17(12-3-5-13(18)6-4-12)22(21-11)14-8-19-10-20-9-14/h3-6,8-10H,7H2,1-2H3. The number of rotatable bonds is 4. The first kappa shape index (κ1) is 16.1. The molecule has 2 aromatic heterocycles. The van der Waals surface area contributed by atoms with Crippen LogP contribution in [0.3, 0.4) is 0 Å². The lowest BCUT2D eigenvalue weighted by atomic mass is 10.0. The molecule has 0 saturated carbocycles. The number of ether oxygens (including phenoxy) is 1. The summed E-state index contributed by atoms with van der Waals surface area (Å²) in [5.41, 5.74) is 3.94. The number of benzene rings is 1. The minimum Gasteiger partial charge on any atom is -0.469 e. The van der Waals surface area contributed by atoms with Crippen molar-refractivity contribution < 1.29 is 9.53 Å².